The van der Waals surface area contributed by atoms with Crippen molar-refractivity contribution in [2.24, 2.45) is 0 Å². The van der Waals surface area contributed by atoms with Gasteiger partial charge in [0.2, 0.25) is 0 Å². The van der Waals surface area contributed by atoms with Crippen molar-refractivity contribution in [3.05, 3.63) is 11.1 Å². The average molecular weight is 242 g/mol. The SMILES string of the molecule is CC(CCN(C)C)NC(=O)c1csc(N)n1. The third kappa shape index (κ3) is 4.16. The number of anilines is 1. The highest BCUT2D eigenvalue weighted by molar-refractivity contribution is 7.13. The minimum absolute atomic E-state index is 0.137. The maximum Gasteiger partial charge on any atom is 0.271 e. The molecule has 0 aromatic carbocycles. The number of thiazole rings is 1. The zero-order valence-electron chi connectivity index (χ0n) is 9.86. The molecular formula is C10H18N4OS. The topological polar surface area (TPSA) is 71.2 Å². The van der Waals surface area contributed by atoms with Crippen molar-refractivity contribution in [3.8, 4) is 0 Å². The van der Waals surface area contributed by atoms with Gasteiger partial charge in [0.1, 0.15) is 5.69 Å². The zero-order chi connectivity index (χ0) is 12.1. The number of amides is 1. The van der Waals surface area contributed by atoms with Gasteiger partial charge in [0.05, 0.1) is 0 Å². The Hall–Kier alpha value is -1.14. The molecule has 0 aliphatic carbocycles. The number of nitrogens with two attached hydrogens (primary N) is 1. The van der Waals surface area contributed by atoms with Gasteiger partial charge in [-0.05, 0) is 34.0 Å². The first kappa shape index (κ1) is 12.9. The summed E-state index contributed by atoms with van der Waals surface area (Å²) in [4.78, 5) is 17.7. The molecule has 1 rings (SSSR count). The summed E-state index contributed by atoms with van der Waals surface area (Å²) in [7, 11) is 4.02. The normalized spacial score (nSPS) is 12.8. The Morgan fingerprint density at radius 1 is 1.69 bits per heavy atom. The Morgan fingerprint density at radius 2 is 2.38 bits per heavy atom. The summed E-state index contributed by atoms with van der Waals surface area (Å²) in [5.41, 5.74) is 5.87. The molecule has 1 aromatic heterocycles. The number of carbonyl (C=O) groups excluding carboxylic acids is 1. The molecule has 6 heteroatoms. The third-order valence-electron chi connectivity index (χ3n) is 2.14. The molecule has 1 amide bonds. The molecule has 5 nitrogen and oxygen atoms in total. The molecule has 1 unspecified atom stereocenters. The van der Waals surface area contributed by atoms with E-state index in [-0.39, 0.29) is 11.9 Å². The fraction of sp³-hybridized carbons (Fsp3) is 0.600. The van der Waals surface area contributed by atoms with E-state index >= 15 is 0 Å². The van der Waals surface area contributed by atoms with Gasteiger partial charge >= 0.3 is 0 Å². The number of aromatic nitrogens is 1. The molecule has 3 N–H and O–H groups in total. The van der Waals surface area contributed by atoms with E-state index < -0.39 is 0 Å². The summed E-state index contributed by atoms with van der Waals surface area (Å²) in [6.07, 6.45) is 0.915. The minimum Gasteiger partial charge on any atom is -0.375 e. The number of rotatable bonds is 5. The molecule has 16 heavy (non-hydrogen) atoms. The predicted octanol–water partition coefficient (Wildman–Crippen LogP) is 0.795. The molecule has 0 saturated carbocycles. The lowest BCUT2D eigenvalue weighted by molar-refractivity contribution is 0.0932. The summed E-state index contributed by atoms with van der Waals surface area (Å²) in [5.74, 6) is -0.154. The second-order valence-electron chi connectivity index (χ2n) is 4.04. The van der Waals surface area contributed by atoms with E-state index in [9.17, 15) is 4.79 Å². The smallest absolute Gasteiger partial charge is 0.271 e. The van der Waals surface area contributed by atoms with Crippen LogP contribution in [0.25, 0.3) is 0 Å². The fourth-order valence-electron chi connectivity index (χ4n) is 1.21. The number of carbonyl (C=O) groups is 1. The number of nitrogen functional groups attached to an aromatic ring is 1. The highest BCUT2D eigenvalue weighted by atomic mass is 32.1. The maximum atomic E-state index is 11.7. The summed E-state index contributed by atoms with van der Waals surface area (Å²) in [6.45, 7) is 2.93. The van der Waals surface area contributed by atoms with Gasteiger partial charge in [0, 0.05) is 11.4 Å². The highest BCUT2D eigenvalue weighted by Gasteiger charge is 2.12. The highest BCUT2D eigenvalue weighted by Crippen LogP contribution is 2.10. The van der Waals surface area contributed by atoms with Crippen molar-refractivity contribution < 1.29 is 4.79 Å². The van der Waals surface area contributed by atoms with Crippen LogP contribution in [0.3, 0.4) is 0 Å². The van der Waals surface area contributed by atoms with Crippen LogP contribution in [-0.2, 0) is 0 Å². The van der Waals surface area contributed by atoms with Gasteiger partial charge in [-0.15, -0.1) is 11.3 Å². The lowest BCUT2D eigenvalue weighted by Gasteiger charge is -2.15. The van der Waals surface area contributed by atoms with Crippen molar-refractivity contribution in [2.45, 2.75) is 19.4 Å². The first-order valence-corrected chi connectivity index (χ1v) is 6.03. The largest absolute Gasteiger partial charge is 0.375 e. The number of nitrogens with one attached hydrogen (secondary N) is 1. The van der Waals surface area contributed by atoms with Crippen LogP contribution in [0, 0.1) is 0 Å². The first-order valence-electron chi connectivity index (χ1n) is 5.15. The van der Waals surface area contributed by atoms with E-state index in [0.717, 1.165) is 13.0 Å². The summed E-state index contributed by atoms with van der Waals surface area (Å²) >= 11 is 1.28. The first-order chi connectivity index (χ1) is 7.49. The van der Waals surface area contributed by atoms with Gasteiger partial charge in [0.15, 0.2) is 5.13 Å². The van der Waals surface area contributed by atoms with Crippen LogP contribution in [0.4, 0.5) is 5.13 Å². The Kier molecular flexibility index (Phi) is 4.70. The van der Waals surface area contributed by atoms with E-state index in [4.69, 9.17) is 5.73 Å². The van der Waals surface area contributed by atoms with E-state index in [1.807, 2.05) is 21.0 Å². The molecule has 0 saturated heterocycles. The fourth-order valence-corrected chi connectivity index (χ4v) is 1.76. The van der Waals surface area contributed by atoms with Crippen LogP contribution in [-0.4, -0.2) is 42.5 Å². The van der Waals surface area contributed by atoms with Crippen LogP contribution >= 0.6 is 11.3 Å². The molecule has 0 spiro atoms. The molecule has 0 bridgehead atoms. The molecule has 1 atom stereocenters. The van der Waals surface area contributed by atoms with Gasteiger partial charge in [-0.2, -0.15) is 0 Å². The molecule has 1 heterocycles. The van der Waals surface area contributed by atoms with Crippen LogP contribution in [0.2, 0.25) is 0 Å². The standard InChI is InChI=1S/C10H18N4OS/c1-7(4-5-14(2)3)12-9(15)8-6-16-10(11)13-8/h6-7H,4-5H2,1-3H3,(H2,11,13)(H,12,15). The molecule has 0 radical (unpaired) electrons. The number of hydrogen-bond acceptors (Lipinski definition) is 5. The quantitative estimate of drug-likeness (QED) is 0.801. The van der Waals surface area contributed by atoms with E-state index in [0.29, 0.717) is 10.8 Å². The Bertz CT molecular complexity index is 350. The second-order valence-corrected chi connectivity index (χ2v) is 4.93. The summed E-state index contributed by atoms with van der Waals surface area (Å²) in [5, 5.41) is 4.98. The number of nitrogens with zero attached hydrogens (tertiary/aromatic N) is 2. The van der Waals surface area contributed by atoms with Gasteiger partial charge in [0.25, 0.3) is 5.91 Å². The van der Waals surface area contributed by atoms with Gasteiger partial charge < -0.3 is 16.0 Å². The second kappa shape index (κ2) is 5.81. The van der Waals surface area contributed by atoms with Crippen molar-refractivity contribution in [3.63, 3.8) is 0 Å². The molecule has 0 fully saturated rings. The molecular weight excluding hydrogens is 224 g/mol. The van der Waals surface area contributed by atoms with Crippen molar-refractivity contribution in [1.29, 1.82) is 0 Å². The third-order valence-corrected chi connectivity index (χ3v) is 2.82. The maximum absolute atomic E-state index is 11.7. The van der Waals surface area contributed by atoms with Crippen LogP contribution < -0.4 is 11.1 Å². The van der Waals surface area contributed by atoms with Crippen molar-refractivity contribution in [1.82, 2.24) is 15.2 Å². The van der Waals surface area contributed by atoms with Gasteiger partial charge in [-0.3, -0.25) is 4.79 Å². The van der Waals surface area contributed by atoms with E-state index in [2.05, 4.69) is 15.2 Å². The van der Waals surface area contributed by atoms with E-state index in [1.165, 1.54) is 11.3 Å². The van der Waals surface area contributed by atoms with Crippen molar-refractivity contribution in [2.75, 3.05) is 26.4 Å². The number of hydrogen-bond donors (Lipinski definition) is 2. The van der Waals surface area contributed by atoms with E-state index in [1.54, 1.807) is 5.38 Å². The minimum atomic E-state index is -0.154. The molecule has 90 valence electrons. The van der Waals surface area contributed by atoms with Crippen LogP contribution in [0.1, 0.15) is 23.8 Å². The van der Waals surface area contributed by atoms with Crippen LogP contribution in [0.5, 0.6) is 0 Å². The summed E-state index contributed by atoms with van der Waals surface area (Å²) < 4.78 is 0. The Labute approximate surface area is 99.7 Å². The lowest BCUT2D eigenvalue weighted by atomic mass is 10.2. The van der Waals surface area contributed by atoms with Gasteiger partial charge in [-0.25, -0.2) is 4.98 Å². The predicted molar refractivity (Wildman–Crippen MR) is 66.6 cm³/mol. The van der Waals surface area contributed by atoms with Gasteiger partial charge in [-0.1, -0.05) is 0 Å². The van der Waals surface area contributed by atoms with Crippen LogP contribution in [0.15, 0.2) is 5.38 Å². The molecule has 0 aliphatic heterocycles. The Morgan fingerprint density at radius 3 is 2.88 bits per heavy atom. The lowest BCUT2D eigenvalue weighted by Crippen LogP contribution is -2.34. The Balaban J connectivity index is 2.39. The molecule has 1 aromatic rings. The average Bonchev–Trinajstić information content (AvgIpc) is 2.62. The molecule has 0 aliphatic rings. The van der Waals surface area contributed by atoms with Crippen molar-refractivity contribution >= 4 is 22.4 Å². The summed E-state index contributed by atoms with van der Waals surface area (Å²) in [6, 6.07) is 0.137. The zero-order valence-corrected chi connectivity index (χ0v) is 10.7. The monoisotopic (exact) mass is 242 g/mol.